The predicted octanol–water partition coefficient (Wildman–Crippen LogP) is 5.63. The van der Waals surface area contributed by atoms with Gasteiger partial charge in [-0.1, -0.05) is 85.2 Å². The highest BCUT2D eigenvalue weighted by Gasteiger charge is 2.43. The summed E-state index contributed by atoms with van der Waals surface area (Å²) in [5, 5.41) is 0. The number of nitrogen functional groups attached to an aromatic ring is 1. The number of anilines is 1. The Kier molecular flexibility index (Phi) is 20.4. The number of hydrogen-bond acceptors (Lipinski definition) is 11. The van der Waals surface area contributed by atoms with Crippen LogP contribution in [0.1, 0.15) is 92.6 Å². The van der Waals surface area contributed by atoms with Crippen molar-refractivity contribution in [3.05, 3.63) is 60.2 Å². The van der Waals surface area contributed by atoms with E-state index in [1.54, 1.807) is 30.9 Å². The summed E-state index contributed by atoms with van der Waals surface area (Å²) in [5.41, 5.74) is 6.86. The first-order chi connectivity index (χ1) is 29.6. The highest BCUT2D eigenvalue weighted by Crippen LogP contribution is 2.32. The summed E-state index contributed by atoms with van der Waals surface area (Å²) >= 11 is 0. The number of carbonyl (C=O) groups excluding carboxylic acids is 5. The minimum atomic E-state index is -4.26. The monoisotopic (exact) mass is 898 g/mol. The van der Waals surface area contributed by atoms with Crippen molar-refractivity contribution in [3.63, 3.8) is 0 Å². The third-order valence-electron chi connectivity index (χ3n) is 13.0. The van der Waals surface area contributed by atoms with Crippen molar-refractivity contribution in [3.8, 4) is 0 Å². The predicted molar refractivity (Wildman–Crippen MR) is 246 cm³/mol. The number of benzene rings is 2. The molecule has 0 aliphatic carbocycles. The fraction of sp³-hybridized carbons (Fsp3) is 0.646. The Bertz CT molecular complexity index is 1920. The van der Waals surface area contributed by atoms with Crippen molar-refractivity contribution in [2.45, 2.75) is 129 Å². The van der Waals surface area contributed by atoms with Gasteiger partial charge >= 0.3 is 0 Å². The molecule has 0 bridgehead atoms. The van der Waals surface area contributed by atoms with E-state index < -0.39 is 58.0 Å². The van der Waals surface area contributed by atoms with Crippen LogP contribution in [0, 0.1) is 35.5 Å². The van der Waals surface area contributed by atoms with Gasteiger partial charge in [0.1, 0.15) is 5.78 Å². The van der Waals surface area contributed by atoms with Crippen LogP contribution in [0.25, 0.3) is 0 Å². The van der Waals surface area contributed by atoms with E-state index in [2.05, 4.69) is 4.72 Å². The van der Waals surface area contributed by atoms with E-state index >= 15 is 0 Å². The number of likely N-dealkylation sites (tertiary alicyclic amines) is 1. The highest BCUT2D eigenvalue weighted by atomic mass is 32.2. The molecule has 1 saturated heterocycles. The van der Waals surface area contributed by atoms with Gasteiger partial charge in [-0.05, 0) is 80.9 Å². The van der Waals surface area contributed by atoms with Gasteiger partial charge in [-0.2, -0.15) is 0 Å². The summed E-state index contributed by atoms with van der Waals surface area (Å²) in [6, 6.07) is 13.3. The van der Waals surface area contributed by atoms with Crippen molar-refractivity contribution >= 4 is 45.0 Å². The largest absolute Gasteiger partial charge is 0.399 e. The molecule has 9 atom stereocenters. The number of nitrogens with two attached hydrogens (primary N) is 1. The van der Waals surface area contributed by atoms with E-state index in [1.165, 1.54) is 31.4 Å². The van der Waals surface area contributed by atoms with Crippen molar-refractivity contribution < 1.29 is 41.9 Å². The van der Waals surface area contributed by atoms with E-state index in [0.29, 0.717) is 31.5 Å². The van der Waals surface area contributed by atoms with Crippen LogP contribution in [-0.4, -0.2) is 125 Å². The number of hydrogen-bond donors (Lipinski definition) is 2. The maximum Gasteiger partial charge on any atom is 0.264 e. The number of likely N-dealkylation sites (N-methyl/N-ethyl adjacent to an activating group) is 2. The number of ketones is 2. The smallest absolute Gasteiger partial charge is 0.264 e. The molecule has 1 aliphatic rings. The van der Waals surface area contributed by atoms with Gasteiger partial charge in [-0.3, -0.25) is 28.9 Å². The normalized spacial score (nSPS) is 18.3. The maximum atomic E-state index is 14.4. The zero-order valence-electron chi connectivity index (χ0n) is 39.7. The lowest BCUT2D eigenvalue weighted by Crippen LogP contribution is -2.54. The number of carbonyl (C=O) groups is 5. The number of amides is 3. The van der Waals surface area contributed by atoms with Crippen LogP contribution < -0.4 is 10.5 Å². The van der Waals surface area contributed by atoms with Crippen LogP contribution in [-0.2, 0) is 49.9 Å². The molecule has 3 amide bonds. The molecule has 63 heavy (non-hydrogen) atoms. The van der Waals surface area contributed by atoms with Crippen molar-refractivity contribution in [2.24, 2.45) is 35.5 Å². The molecule has 0 aromatic heterocycles. The lowest BCUT2D eigenvalue weighted by atomic mass is 9.83. The molecule has 3 N–H and O–H groups in total. The van der Waals surface area contributed by atoms with Crippen LogP contribution in [0.2, 0.25) is 0 Å². The average molecular weight is 898 g/mol. The first-order valence-electron chi connectivity index (χ1n) is 22.4. The second-order valence-electron chi connectivity index (χ2n) is 18.4. The summed E-state index contributed by atoms with van der Waals surface area (Å²) in [4.78, 5) is 75.5. The zero-order chi connectivity index (χ0) is 47.3. The molecule has 14 nitrogen and oxygen atoms in total. The second-order valence-corrected chi connectivity index (χ2v) is 20.0. The van der Waals surface area contributed by atoms with Crippen LogP contribution in [0.15, 0.2) is 59.5 Å². The fourth-order valence-electron chi connectivity index (χ4n) is 9.31. The van der Waals surface area contributed by atoms with Crippen molar-refractivity contribution in [1.82, 2.24) is 19.4 Å². The molecule has 15 heteroatoms. The number of methoxy groups -OCH3 is 2. The Morgan fingerprint density at radius 3 is 1.98 bits per heavy atom. The minimum absolute atomic E-state index is 0.0202. The Balaban J connectivity index is 1.83. The molecular formula is C48H75N5O9S. The summed E-state index contributed by atoms with van der Waals surface area (Å²) in [7, 11) is 4.28. The Morgan fingerprint density at radius 1 is 0.841 bits per heavy atom. The van der Waals surface area contributed by atoms with E-state index in [4.69, 9.17) is 15.2 Å². The van der Waals surface area contributed by atoms with Gasteiger partial charge in [0, 0.05) is 64.1 Å². The highest BCUT2D eigenvalue weighted by molar-refractivity contribution is 7.90. The molecule has 3 rings (SSSR count). The van der Waals surface area contributed by atoms with E-state index in [-0.39, 0.29) is 77.8 Å². The van der Waals surface area contributed by atoms with Gasteiger partial charge in [0.05, 0.1) is 41.6 Å². The Labute approximate surface area is 377 Å². The number of rotatable bonds is 25. The first kappa shape index (κ1) is 53.2. The quantitative estimate of drug-likeness (QED) is 0.118. The lowest BCUT2D eigenvalue weighted by molar-refractivity contribution is -0.149. The average Bonchev–Trinajstić information content (AvgIpc) is 3.71. The third kappa shape index (κ3) is 14.2. The number of nitrogens with one attached hydrogen (secondary N) is 1. The Morgan fingerprint density at radius 2 is 1.46 bits per heavy atom. The van der Waals surface area contributed by atoms with Gasteiger partial charge in [0.25, 0.3) is 10.0 Å². The lowest BCUT2D eigenvalue weighted by Gasteiger charge is -2.41. The van der Waals surface area contributed by atoms with Crippen LogP contribution in [0.3, 0.4) is 0 Å². The van der Waals surface area contributed by atoms with E-state index in [0.717, 1.165) is 5.56 Å². The fourth-order valence-corrected chi connectivity index (χ4v) is 10.4. The minimum Gasteiger partial charge on any atom is -0.399 e. The summed E-state index contributed by atoms with van der Waals surface area (Å²) in [6.45, 7) is 14.1. The number of nitrogens with zero attached hydrogens (tertiary/aromatic N) is 3. The summed E-state index contributed by atoms with van der Waals surface area (Å²) in [6.07, 6.45) is 0.512. The molecule has 1 heterocycles. The standard InChI is InChI=1S/C48H75N5O9S/c1-13-32(6)45(52(10)48(58)38(30(2)3)28-41(55)44(31(4)5)51(8)9)42(61-11)29-43(56)53-25-17-20-39(53)46(62-12)33(7)40(54)27-35(26-34-18-15-14-16-19-34)47(57)50-63(59,60)37-23-21-36(49)22-24-37/h14-16,18-19,21-24,30-33,35,38-39,42,44-46H,13,17,20,25-29,49H2,1-12H3,(H,50,57)/t32?,33-,35+,38-,39-,42+,44-,45-,46+/m0/s1. The molecule has 1 aliphatic heterocycles. The van der Waals surface area contributed by atoms with Gasteiger partial charge in [0.15, 0.2) is 5.78 Å². The Hall–Kier alpha value is -4.18. The zero-order valence-corrected chi connectivity index (χ0v) is 40.5. The van der Waals surface area contributed by atoms with E-state index in [9.17, 15) is 32.4 Å². The van der Waals surface area contributed by atoms with Crippen molar-refractivity contribution in [1.29, 1.82) is 0 Å². The molecule has 2 aromatic carbocycles. The molecule has 0 spiro atoms. The van der Waals surface area contributed by atoms with Crippen LogP contribution in [0.4, 0.5) is 5.69 Å². The van der Waals surface area contributed by atoms with Crippen LogP contribution in [0.5, 0.6) is 0 Å². The third-order valence-corrected chi connectivity index (χ3v) is 14.3. The molecule has 1 unspecified atom stereocenters. The molecule has 1 fully saturated rings. The van der Waals surface area contributed by atoms with E-state index in [1.807, 2.05) is 90.9 Å². The number of Topliss-reactive ketones (excluding diaryl/α,β-unsaturated/α-hetero) is 2. The molecule has 352 valence electrons. The van der Waals surface area contributed by atoms with Gasteiger partial charge in [-0.15, -0.1) is 0 Å². The molecule has 2 aromatic rings. The molecule has 0 radical (unpaired) electrons. The summed E-state index contributed by atoms with van der Waals surface area (Å²) in [5.74, 6) is -3.88. The topological polar surface area (TPSA) is 186 Å². The first-order valence-corrected chi connectivity index (χ1v) is 23.9. The SMILES string of the molecule is CCC(C)[C@@H]([C@@H](CC(=O)N1CCC[C@H]1[C@H](OC)[C@@H](C)C(=O)C[C@@H](Cc1ccccc1)C(=O)NS(=O)(=O)c1ccc(N)cc1)OC)N(C)C(=O)[C@@H](CC(=O)[C@H](C(C)C)N(C)C)C(C)C. The maximum absolute atomic E-state index is 14.4. The second kappa shape index (κ2) is 24.2. The van der Waals surface area contributed by atoms with Gasteiger partial charge < -0.3 is 25.0 Å². The summed E-state index contributed by atoms with van der Waals surface area (Å²) < 4.78 is 40.7. The molecular weight excluding hydrogens is 823 g/mol. The van der Waals surface area contributed by atoms with Gasteiger partial charge in [-0.25, -0.2) is 13.1 Å². The number of sulfonamides is 1. The molecule has 0 saturated carbocycles. The van der Waals surface area contributed by atoms with Crippen molar-refractivity contribution in [2.75, 3.05) is 47.6 Å². The number of ether oxygens (including phenoxy) is 2. The van der Waals surface area contributed by atoms with Gasteiger partial charge in [0.2, 0.25) is 17.7 Å². The van der Waals surface area contributed by atoms with Crippen LogP contribution >= 0.6 is 0 Å².